The molecule has 11 heteroatoms. The minimum absolute atomic E-state index is 0.0146. The van der Waals surface area contributed by atoms with Gasteiger partial charge >= 0.3 is 0 Å². The molecule has 3 fully saturated rings. The summed E-state index contributed by atoms with van der Waals surface area (Å²) in [5, 5.41) is 1.16. The third-order valence-corrected chi connectivity index (χ3v) is 12.3. The Kier molecular flexibility index (Phi) is 9.56. The number of halogens is 1. The van der Waals surface area contributed by atoms with Crippen LogP contribution in [-0.2, 0) is 16.4 Å². The van der Waals surface area contributed by atoms with E-state index in [4.69, 9.17) is 0 Å². The second-order valence-corrected chi connectivity index (χ2v) is 16.9. The van der Waals surface area contributed by atoms with Crippen LogP contribution in [0.25, 0.3) is 16.6 Å². The van der Waals surface area contributed by atoms with Crippen LogP contribution in [0.5, 0.6) is 0 Å². The number of fused-ring (bicyclic) bond motifs is 1. The fourth-order valence-electron chi connectivity index (χ4n) is 8.27. The van der Waals surface area contributed by atoms with Gasteiger partial charge in [0.15, 0.2) is 0 Å². The molecule has 1 aromatic carbocycles. The van der Waals surface area contributed by atoms with Gasteiger partial charge in [-0.1, -0.05) is 13.8 Å². The zero-order chi connectivity index (χ0) is 33.8. The van der Waals surface area contributed by atoms with Crippen LogP contribution < -0.4 is 0 Å². The number of nitrogens with zero attached hydrogens (tertiary/aromatic N) is 6. The van der Waals surface area contributed by atoms with Crippen LogP contribution in [-0.4, -0.2) is 114 Å². The van der Waals surface area contributed by atoms with Crippen molar-refractivity contribution in [2.45, 2.75) is 72.0 Å². The van der Waals surface area contributed by atoms with E-state index in [2.05, 4.69) is 41.8 Å². The third-order valence-electron chi connectivity index (χ3n) is 11.0. The molecule has 1 unspecified atom stereocenters. The van der Waals surface area contributed by atoms with Crippen LogP contribution in [0.4, 0.5) is 4.39 Å². The number of carbonyl (C=O) groups is 1. The van der Waals surface area contributed by atoms with E-state index in [-0.39, 0.29) is 11.9 Å². The van der Waals surface area contributed by atoms with E-state index in [9.17, 15) is 17.6 Å². The second kappa shape index (κ2) is 13.2. The van der Waals surface area contributed by atoms with Crippen LogP contribution in [0.2, 0.25) is 0 Å². The van der Waals surface area contributed by atoms with Crippen molar-refractivity contribution >= 4 is 26.8 Å². The van der Waals surface area contributed by atoms with Crippen molar-refractivity contribution < 1.29 is 17.6 Å². The molecule has 1 atom stereocenters. The molecule has 2 aliphatic heterocycles. The number of hydrogen-bond acceptors (Lipinski definition) is 6. The van der Waals surface area contributed by atoms with Crippen LogP contribution in [0.1, 0.15) is 62.0 Å². The SMILES string of the molecule is Cc1cncc2c1c(CC1CN(C(C(C)C)C3CC(N4CCN(S(C)(=O)=O)CC4)C3)C1)cn2-c1ccc(F)cc1C(=O)N(C)C(C)C. The minimum Gasteiger partial charge on any atom is -0.339 e. The van der Waals surface area contributed by atoms with Crippen LogP contribution in [0.3, 0.4) is 0 Å². The molecular weight excluding hydrogens is 616 g/mol. The highest BCUT2D eigenvalue weighted by Crippen LogP contribution is 2.42. The number of sulfonamides is 1. The van der Waals surface area contributed by atoms with Crippen molar-refractivity contribution in [2.24, 2.45) is 17.8 Å². The van der Waals surface area contributed by atoms with Crippen LogP contribution in [0.15, 0.2) is 36.8 Å². The van der Waals surface area contributed by atoms with Gasteiger partial charge < -0.3 is 9.47 Å². The van der Waals surface area contributed by atoms with Gasteiger partial charge in [-0.25, -0.2) is 12.8 Å². The number of aromatic nitrogens is 2. The quantitative estimate of drug-likeness (QED) is 0.309. The fourth-order valence-corrected chi connectivity index (χ4v) is 9.10. The molecular formula is C36H51FN6O3S. The normalized spacial score (nSPS) is 22.5. The Morgan fingerprint density at radius 1 is 1.06 bits per heavy atom. The predicted octanol–water partition coefficient (Wildman–Crippen LogP) is 4.81. The van der Waals surface area contributed by atoms with E-state index in [0.717, 1.165) is 49.1 Å². The summed E-state index contributed by atoms with van der Waals surface area (Å²) in [5.41, 5.74) is 4.28. The Morgan fingerprint density at radius 3 is 2.36 bits per heavy atom. The standard InChI is InChI=1S/C36H51FN6O3S/c1-23(2)35(27-15-30(16-27)40-10-12-42(13-11-40)47(7,45)46)41-20-26(21-41)14-28-22-43(33-19-38-18-25(5)34(28)33)32-9-8-29(37)17-31(32)36(44)39(6)24(3)4/h8-9,17-19,22-24,26-27,30,35H,10-16,20-21H2,1-7H3. The van der Waals surface area contributed by atoms with Crippen LogP contribution in [0, 0.1) is 30.5 Å². The largest absolute Gasteiger partial charge is 0.339 e. The first-order chi connectivity index (χ1) is 22.2. The highest BCUT2D eigenvalue weighted by atomic mass is 32.2. The molecule has 47 heavy (non-hydrogen) atoms. The van der Waals surface area contributed by atoms with E-state index in [0.29, 0.717) is 54.2 Å². The van der Waals surface area contributed by atoms with Crippen LogP contribution >= 0.6 is 0 Å². The van der Waals surface area contributed by atoms with E-state index < -0.39 is 15.8 Å². The number of pyridine rings is 1. The number of piperazine rings is 1. The first-order valence-corrected chi connectivity index (χ1v) is 19.0. The molecule has 1 aliphatic carbocycles. The topological polar surface area (TPSA) is 82.0 Å². The number of benzene rings is 1. The summed E-state index contributed by atoms with van der Waals surface area (Å²) in [6.45, 7) is 15.7. The summed E-state index contributed by atoms with van der Waals surface area (Å²) in [7, 11) is -1.35. The molecule has 256 valence electrons. The zero-order valence-electron chi connectivity index (χ0n) is 29.0. The Balaban J connectivity index is 1.15. The molecule has 9 nitrogen and oxygen atoms in total. The van der Waals surface area contributed by atoms with Gasteiger partial charge in [0, 0.05) is 82.2 Å². The number of likely N-dealkylation sites (tertiary alicyclic amines) is 1. The summed E-state index contributed by atoms with van der Waals surface area (Å²) >= 11 is 0. The number of aryl methyl sites for hydroxylation is 1. The van der Waals surface area contributed by atoms with Gasteiger partial charge in [-0.3, -0.25) is 19.6 Å². The highest BCUT2D eigenvalue weighted by Gasteiger charge is 2.45. The van der Waals surface area contributed by atoms with Gasteiger partial charge in [0.25, 0.3) is 5.91 Å². The number of hydrogen-bond donors (Lipinski definition) is 0. The van der Waals surface area contributed by atoms with Gasteiger partial charge in [0.2, 0.25) is 10.0 Å². The highest BCUT2D eigenvalue weighted by molar-refractivity contribution is 7.88. The van der Waals surface area contributed by atoms with E-state index >= 15 is 0 Å². The first-order valence-electron chi connectivity index (χ1n) is 17.2. The maximum Gasteiger partial charge on any atom is 0.256 e. The molecule has 0 N–H and O–H groups in total. The van der Waals surface area contributed by atoms with Crippen molar-refractivity contribution in [3.05, 3.63) is 59.3 Å². The summed E-state index contributed by atoms with van der Waals surface area (Å²) < 4.78 is 42.0. The minimum atomic E-state index is -3.11. The smallest absolute Gasteiger partial charge is 0.256 e. The fraction of sp³-hybridized carbons (Fsp3) is 0.611. The second-order valence-electron chi connectivity index (χ2n) is 14.9. The molecule has 2 aromatic heterocycles. The van der Waals surface area contributed by atoms with E-state index in [1.807, 2.05) is 30.8 Å². The lowest BCUT2D eigenvalue weighted by molar-refractivity contribution is -0.0496. The predicted molar refractivity (Wildman–Crippen MR) is 185 cm³/mol. The molecule has 3 aromatic rings. The van der Waals surface area contributed by atoms with Crippen molar-refractivity contribution in [3.8, 4) is 5.69 Å². The Bertz CT molecular complexity index is 1720. The van der Waals surface area contributed by atoms with Crippen molar-refractivity contribution in [3.63, 3.8) is 0 Å². The summed E-state index contributed by atoms with van der Waals surface area (Å²) in [5.74, 6) is 1.13. The molecule has 1 saturated carbocycles. The zero-order valence-corrected chi connectivity index (χ0v) is 29.8. The lowest BCUT2D eigenvalue weighted by atomic mass is 9.69. The Labute approximate surface area is 279 Å². The molecule has 1 amide bonds. The third kappa shape index (κ3) is 6.73. The Hall–Kier alpha value is -2.86. The summed E-state index contributed by atoms with van der Waals surface area (Å²) in [4.78, 5) is 24.8. The number of carbonyl (C=O) groups excluding carboxylic acids is 1. The summed E-state index contributed by atoms with van der Waals surface area (Å²) in [6.07, 6.45) is 10.5. The lowest BCUT2D eigenvalue weighted by Crippen LogP contribution is -2.62. The number of rotatable bonds is 10. The van der Waals surface area contributed by atoms with Gasteiger partial charge in [0.05, 0.1) is 29.2 Å². The van der Waals surface area contributed by atoms with Crippen molar-refractivity contribution in [1.29, 1.82) is 0 Å². The number of amides is 1. The van der Waals surface area contributed by atoms with Gasteiger partial charge in [0.1, 0.15) is 5.82 Å². The van der Waals surface area contributed by atoms with E-state index in [1.54, 1.807) is 22.3 Å². The molecule has 0 bridgehead atoms. The van der Waals surface area contributed by atoms with Gasteiger partial charge in [-0.15, -0.1) is 0 Å². The molecule has 0 radical (unpaired) electrons. The first kappa shape index (κ1) is 34.0. The average Bonchev–Trinajstić information content (AvgIpc) is 3.34. The Morgan fingerprint density at radius 2 is 1.74 bits per heavy atom. The summed E-state index contributed by atoms with van der Waals surface area (Å²) in [6, 6.07) is 5.58. The molecule has 4 heterocycles. The van der Waals surface area contributed by atoms with E-state index in [1.165, 1.54) is 36.8 Å². The molecule has 6 rings (SSSR count). The van der Waals surface area contributed by atoms with Gasteiger partial charge in [-0.2, -0.15) is 4.31 Å². The van der Waals surface area contributed by atoms with Crippen molar-refractivity contribution in [2.75, 3.05) is 52.6 Å². The maximum absolute atomic E-state index is 14.5. The average molecular weight is 667 g/mol. The molecule has 0 spiro atoms. The monoisotopic (exact) mass is 666 g/mol. The lowest BCUT2D eigenvalue weighted by Gasteiger charge is -2.55. The maximum atomic E-state index is 14.5. The van der Waals surface area contributed by atoms with Crippen molar-refractivity contribution in [1.82, 2.24) is 28.6 Å². The molecule has 3 aliphatic rings. The van der Waals surface area contributed by atoms with Gasteiger partial charge in [-0.05, 0) is 87.1 Å². The molecule has 2 saturated heterocycles.